The average molecular weight is 331 g/mol. The van der Waals surface area contributed by atoms with Crippen LogP contribution in [0.4, 0.5) is 0 Å². The molecule has 0 radical (unpaired) electrons. The second-order valence-corrected chi connectivity index (χ2v) is 5.35. The van der Waals surface area contributed by atoms with E-state index in [1.54, 1.807) is 24.3 Å². The largest absolute Gasteiger partial charge is 0.457 e. The fourth-order valence-corrected chi connectivity index (χ4v) is 2.21. The second kappa shape index (κ2) is 6.56. The zero-order chi connectivity index (χ0) is 14.5. The molecule has 0 heterocycles. The van der Waals surface area contributed by atoms with E-state index in [-0.39, 0.29) is 6.04 Å². The van der Waals surface area contributed by atoms with Gasteiger partial charge in [-0.2, -0.15) is 5.26 Å². The first-order chi connectivity index (χ1) is 9.63. The SMILES string of the molecule is CNC(C)c1cc(Br)ccc1Oc1ccc(C#N)cc1. The van der Waals surface area contributed by atoms with Crippen molar-refractivity contribution in [3.63, 3.8) is 0 Å². The van der Waals surface area contributed by atoms with E-state index in [1.807, 2.05) is 25.2 Å². The Balaban J connectivity index is 2.30. The molecule has 0 fully saturated rings. The van der Waals surface area contributed by atoms with Crippen LogP contribution in [-0.2, 0) is 0 Å². The Morgan fingerprint density at radius 1 is 1.20 bits per heavy atom. The maximum atomic E-state index is 8.79. The van der Waals surface area contributed by atoms with Crippen LogP contribution in [0, 0.1) is 11.3 Å². The van der Waals surface area contributed by atoms with Crippen molar-refractivity contribution in [3.8, 4) is 17.6 Å². The predicted octanol–water partition coefficient (Wildman–Crippen LogP) is 4.39. The lowest BCUT2D eigenvalue weighted by Crippen LogP contribution is -2.13. The fraction of sp³-hybridized carbons (Fsp3) is 0.188. The quantitative estimate of drug-likeness (QED) is 0.903. The minimum Gasteiger partial charge on any atom is -0.457 e. The monoisotopic (exact) mass is 330 g/mol. The van der Waals surface area contributed by atoms with Crippen LogP contribution >= 0.6 is 15.9 Å². The van der Waals surface area contributed by atoms with Gasteiger partial charge < -0.3 is 10.1 Å². The molecule has 1 N–H and O–H groups in total. The minimum atomic E-state index is 0.181. The van der Waals surface area contributed by atoms with E-state index >= 15 is 0 Å². The highest BCUT2D eigenvalue weighted by atomic mass is 79.9. The summed E-state index contributed by atoms with van der Waals surface area (Å²) in [5.41, 5.74) is 1.70. The number of hydrogen-bond donors (Lipinski definition) is 1. The van der Waals surface area contributed by atoms with Crippen LogP contribution in [0.15, 0.2) is 46.9 Å². The number of nitrogens with zero attached hydrogens (tertiary/aromatic N) is 1. The first-order valence-corrected chi connectivity index (χ1v) is 7.08. The molecule has 0 saturated carbocycles. The summed E-state index contributed by atoms with van der Waals surface area (Å²) in [4.78, 5) is 0. The molecule has 2 aromatic rings. The fourth-order valence-electron chi connectivity index (χ4n) is 1.83. The van der Waals surface area contributed by atoms with Gasteiger partial charge >= 0.3 is 0 Å². The van der Waals surface area contributed by atoms with Crippen molar-refractivity contribution in [2.24, 2.45) is 0 Å². The third-order valence-corrected chi connectivity index (χ3v) is 3.58. The molecule has 0 saturated heterocycles. The molecule has 20 heavy (non-hydrogen) atoms. The summed E-state index contributed by atoms with van der Waals surface area (Å²) in [7, 11) is 1.91. The highest BCUT2D eigenvalue weighted by Crippen LogP contribution is 2.32. The van der Waals surface area contributed by atoms with Crippen LogP contribution in [-0.4, -0.2) is 7.05 Å². The van der Waals surface area contributed by atoms with Gasteiger partial charge in [-0.15, -0.1) is 0 Å². The van der Waals surface area contributed by atoms with E-state index in [0.29, 0.717) is 5.56 Å². The van der Waals surface area contributed by atoms with E-state index < -0.39 is 0 Å². The second-order valence-electron chi connectivity index (χ2n) is 4.43. The minimum absolute atomic E-state index is 0.181. The zero-order valence-corrected chi connectivity index (χ0v) is 12.9. The van der Waals surface area contributed by atoms with Gasteiger partial charge in [0, 0.05) is 16.1 Å². The summed E-state index contributed by atoms with van der Waals surface area (Å²) < 4.78 is 6.93. The number of halogens is 1. The Morgan fingerprint density at radius 3 is 2.50 bits per heavy atom. The lowest BCUT2D eigenvalue weighted by atomic mass is 10.1. The van der Waals surface area contributed by atoms with Crippen LogP contribution in [0.2, 0.25) is 0 Å². The first kappa shape index (κ1) is 14.6. The molecule has 0 bridgehead atoms. The molecule has 1 unspecified atom stereocenters. The lowest BCUT2D eigenvalue weighted by Gasteiger charge is -2.16. The van der Waals surface area contributed by atoms with Gasteiger partial charge in [0.25, 0.3) is 0 Å². The third-order valence-electron chi connectivity index (χ3n) is 3.08. The van der Waals surface area contributed by atoms with Crippen molar-refractivity contribution in [3.05, 3.63) is 58.1 Å². The maximum absolute atomic E-state index is 8.79. The van der Waals surface area contributed by atoms with Gasteiger partial charge in [-0.05, 0) is 56.4 Å². The van der Waals surface area contributed by atoms with Gasteiger partial charge in [0.15, 0.2) is 0 Å². The summed E-state index contributed by atoms with van der Waals surface area (Å²) >= 11 is 3.48. The summed E-state index contributed by atoms with van der Waals surface area (Å²) in [5, 5.41) is 12.0. The van der Waals surface area contributed by atoms with Crippen molar-refractivity contribution in [1.29, 1.82) is 5.26 Å². The van der Waals surface area contributed by atoms with Crippen LogP contribution in [0.25, 0.3) is 0 Å². The van der Waals surface area contributed by atoms with Crippen molar-refractivity contribution in [2.45, 2.75) is 13.0 Å². The summed E-state index contributed by atoms with van der Waals surface area (Å²) in [5.74, 6) is 1.52. The molecule has 0 amide bonds. The van der Waals surface area contributed by atoms with E-state index in [0.717, 1.165) is 21.5 Å². The van der Waals surface area contributed by atoms with Crippen LogP contribution in [0.3, 0.4) is 0 Å². The van der Waals surface area contributed by atoms with E-state index in [4.69, 9.17) is 10.00 Å². The Bertz CT molecular complexity index is 632. The number of rotatable bonds is 4. The number of ether oxygens (including phenoxy) is 1. The van der Waals surface area contributed by atoms with E-state index in [2.05, 4.69) is 34.2 Å². The van der Waals surface area contributed by atoms with Crippen LogP contribution in [0.1, 0.15) is 24.1 Å². The van der Waals surface area contributed by atoms with Crippen LogP contribution < -0.4 is 10.1 Å². The number of hydrogen-bond acceptors (Lipinski definition) is 3. The van der Waals surface area contributed by atoms with Gasteiger partial charge in [0.2, 0.25) is 0 Å². The molecular weight excluding hydrogens is 316 g/mol. The van der Waals surface area contributed by atoms with Crippen molar-refractivity contribution < 1.29 is 4.74 Å². The first-order valence-electron chi connectivity index (χ1n) is 6.28. The molecule has 0 aromatic heterocycles. The molecule has 4 heteroatoms. The van der Waals surface area contributed by atoms with Gasteiger partial charge in [-0.1, -0.05) is 15.9 Å². The number of nitriles is 1. The highest BCUT2D eigenvalue weighted by molar-refractivity contribution is 9.10. The normalized spacial score (nSPS) is 11.7. The van der Waals surface area contributed by atoms with Gasteiger partial charge in [-0.25, -0.2) is 0 Å². The molecule has 2 rings (SSSR count). The van der Waals surface area contributed by atoms with Crippen molar-refractivity contribution in [1.82, 2.24) is 5.32 Å². The molecule has 3 nitrogen and oxygen atoms in total. The molecule has 0 spiro atoms. The van der Waals surface area contributed by atoms with Crippen molar-refractivity contribution >= 4 is 15.9 Å². The molecular formula is C16H15BrN2O. The molecule has 1 atom stereocenters. The lowest BCUT2D eigenvalue weighted by molar-refractivity contribution is 0.466. The number of nitrogens with one attached hydrogen (secondary N) is 1. The van der Waals surface area contributed by atoms with Gasteiger partial charge in [0.05, 0.1) is 11.6 Å². The Labute approximate surface area is 127 Å². The summed E-state index contributed by atoms with van der Waals surface area (Å²) in [6.45, 7) is 2.08. The number of benzene rings is 2. The molecule has 2 aromatic carbocycles. The maximum Gasteiger partial charge on any atom is 0.132 e. The zero-order valence-electron chi connectivity index (χ0n) is 11.4. The molecule has 102 valence electrons. The van der Waals surface area contributed by atoms with Crippen LogP contribution in [0.5, 0.6) is 11.5 Å². The molecule has 0 aliphatic carbocycles. The Morgan fingerprint density at radius 2 is 1.90 bits per heavy atom. The standard InChI is InChI=1S/C16H15BrN2O/c1-11(19-2)15-9-13(17)5-8-16(15)20-14-6-3-12(10-18)4-7-14/h3-9,11,19H,1-2H3. The topological polar surface area (TPSA) is 45.0 Å². The summed E-state index contributed by atoms with van der Waals surface area (Å²) in [6.07, 6.45) is 0. The van der Waals surface area contributed by atoms with Crippen molar-refractivity contribution in [2.75, 3.05) is 7.05 Å². The molecule has 0 aliphatic heterocycles. The highest BCUT2D eigenvalue weighted by Gasteiger charge is 2.11. The Hall–Kier alpha value is -1.83. The summed E-state index contributed by atoms with van der Waals surface area (Å²) in [6, 6.07) is 15.3. The van der Waals surface area contributed by atoms with Gasteiger partial charge in [0.1, 0.15) is 11.5 Å². The van der Waals surface area contributed by atoms with E-state index in [1.165, 1.54) is 0 Å². The predicted molar refractivity (Wildman–Crippen MR) is 82.8 cm³/mol. The van der Waals surface area contributed by atoms with E-state index in [9.17, 15) is 0 Å². The average Bonchev–Trinajstić information content (AvgIpc) is 2.49. The van der Waals surface area contributed by atoms with Gasteiger partial charge in [-0.3, -0.25) is 0 Å². The third kappa shape index (κ3) is 3.38. The Kier molecular flexibility index (Phi) is 4.78. The molecule has 0 aliphatic rings. The smallest absolute Gasteiger partial charge is 0.132 e.